The van der Waals surface area contributed by atoms with E-state index in [1.807, 2.05) is 31.2 Å². The van der Waals surface area contributed by atoms with E-state index in [1.54, 1.807) is 7.11 Å². The lowest BCUT2D eigenvalue weighted by Gasteiger charge is -2.46. The molecule has 0 radical (unpaired) electrons. The van der Waals surface area contributed by atoms with Crippen LogP contribution in [-0.4, -0.2) is 72.3 Å². The maximum absolute atomic E-state index is 12.1. The Hall–Kier alpha value is -1.08. The molecular weight excluding hydrogens is 577 g/mol. The van der Waals surface area contributed by atoms with Gasteiger partial charge in [0.2, 0.25) is 0 Å². The van der Waals surface area contributed by atoms with E-state index in [0.717, 1.165) is 17.6 Å². The Morgan fingerprint density at radius 3 is 2.02 bits per heavy atom. The maximum atomic E-state index is 12.1. The molecule has 1 aliphatic rings. The summed E-state index contributed by atoms with van der Waals surface area (Å²) < 4.78 is 31.9. The lowest BCUT2D eigenvalue weighted by Crippen LogP contribution is -2.56. The van der Waals surface area contributed by atoms with E-state index in [1.165, 1.54) is 0 Å². The molecule has 248 valence electrons. The van der Waals surface area contributed by atoms with Gasteiger partial charge >= 0.3 is 0 Å². The minimum absolute atomic E-state index is 0.00532. The molecule has 1 saturated heterocycles. The Bertz CT molecular complexity index is 1020. The molecule has 0 spiro atoms. The van der Waals surface area contributed by atoms with Gasteiger partial charge in [0.15, 0.2) is 16.6 Å². The molecule has 1 aromatic rings. The first-order chi connectivity index (χ1) is 19.6. The van der Waals surface area contributed by atoms with Crippen molar-refractivity contribution in [1.29, 1.82) is 0 Å². The van der Waals surface area contributed by atoms with Gasteiger partial charge in [-0.2, -0.15) is 0 Å². The molecule has 0 bridgehead atoms. The van der Waals surface area contributed by atoms with Crippen molar-refractivity contribution >= 4 is 22.9 Å². The van der Waals surface area contributed by atoms with Gasteiger partial charge in [-0.1, -0.05) is 67.5 Å². The SMILES string of the molecule is CC[C@H](C=O)[C@@H](O)[C@H](CO[Si](C)(C)C(C)(C)C)[C@H](O[Si](C)(C)C(C)(C)C)[C@@]1(C)O[C@@H]1[C@@H](C)COCc1ccc(OC)cc1. The van der Waals surface area contributed by atoms with Crippen LogP contribution in [0.25, 0.3) is 0 Å². The number of carbonyl (C=O) groups excluding carboxylic acids is 1. The number of epoxide rings is 1. The van der Waals surface area contributed by atoms with Crippen LogP contribution in [0.3, 0.4) is 0 Å². The third kappa shape index (κ3) is 9.47. The number of carbonyl (C=O) groups is 1. The summed E-state index contributed by atoms with van der Waals surface area (Å²) in [5.74, 6) is -0.0208. The van der Waals surface area contributed by atoms with Crippen LogP contribution in [0.4, 0.5) is 0 Å². The zero-order chi connectivity index (χ0) is 33.0. The summed E-state index contributed by atoms with van der Waals surface area (Å²) in [5, 5.41) is 11.8. The highest BCUT2D eigenvalue weighted by Crippen LogP contribution is 2.51. The van der Waals surface area contributed by atoms with E-state index in [-0.39, 0.29) is 22.1 Å². The molecule has 2 rings (SSSR count). The number of rotatable bonds is 17. The number of aliphatic hydroxyl groups is 1. The molecule has 9 heteroatoms. The van der Waals surface area contributed by atoms with E-state index in [0.29, 0.717) is 26.2 Å². The largest absolute Gasteiger partial charge is 0.497 e. The third-order valence-electron chi connectivity index (χ3n) is 10.4. The van der Waals surface area contributed by atoms with Crippen LogP contribution >= 0.6 is 0 Å². The van der Waals surface area contributed by atoms with Gasteiger partial charge in [0, 0.05) is 24.4 Å². The van der Waals surface area contributed by atoms with Crippen LogP contribution in [-0.2, 0) is 29.7 Å². The smallest absolute Gasteiger partial charge is 0.192 e. The van der Waals surface area contributed by atoms with Gasteiger partial charge < -0.3 is 33.0 Å². The molecule has 1 heterocycles. The average Bonchev–Trinajstić information content (AvgIpc) is 3.60. The van der Waals surface area contributed by atoms with Gasteiger partial charge in [0.25, 0.3) is 0 Å². The fourth-order valence-electron chi connectivity index (χ4n) is 5.07. The predicted octanol–water partition coefficient (Wildman–Crippen LogP) is 7.62. The van der Waals surface area contributed by atoms with Gasteiger partial charge in [-0.15, -0.1) is 0 Å². The highest BCUT2D eigenvalue weighted by Gasteiger charge is 2.64. The predicted molar refractivity (Wildman–Crippen MR) is 180 cm³/mol. The second kappa shape index (κ2) is 14.6. The molecule has 1 aromatic carbocycles. The monoisotopic (exact) mass is 638 g/mol. The van der Waals surface area contributed by atoms with Gasteiger partial charge in [-0.05, 0) is 67.3 Å². The number of ether oxygens (including phenoxy) is 3. The van der Waals surface area contributed by atoms with Crippen molar-refractivity contribution in [2.45, 2.75) is 136 Å². The number of aldehydes is 1. The Balaban J connectivity index is 2.37. The number of hydrogen-bond donors (Lipinski definition) is 1. The van der Waals surface area contributed by atoms with Gasteiger partial charge in [0.1, 0.15) is 17.6 Å². The standard InChI is InChI=1S/C34H62O7Si2/c1-15-26(20-35)29(36)28(23-39-42(11,12)32(3,4)5)31(41-43(13,14)33(6,7)8)34(9)30(40-34)24(2)21-38-22-25-16-18-27(37-10)19-17-25/h16-20,24,26,28-31,36H,15,21-23H2,1-14H3/t24-,26+,28-,29+,30+,31-,34-/m0/s1. The summed E-state index contributed by atoms with van der Waals surface area (Å²) >= 11 is 0. The molecule has 0 amide bonds. The van der Waals surface area contributed by atoms with Crippen LogP contribution in [0.2, 0.25) is 36.3 Å². The summed E-state index contributed by atoms with van der Waals surface area (Å²) in [6, 6.07) is 7.89. The Kier molecular flexibility index (Phi) is 12.9. The lowest BCUT2D eigenvalue weighted by molar-refractivity contribution is -0.119. The zero-order valence-electron chi connectivity index (χ0n) is 29.6. The summed E-state index contributed by atoms with van der Waals surface area (Å²) in [6.07, 6.45) is -0.0418. The summed E-state index contributed by atoms with van der Waals surface area (Å²) in [5.41, 5.74) is 0.430. The maximum Gasteiger partial charge on any atom is 0.192 e. The van der Waals surface area contributed by atoms with Crippen molar-refractivity contribution in [2.75, 3.05) is 20.3 Å². The quantitative estimate of drug-likeness (QED) is 0.107. The highest BCUT2D eigenvalue weighted by atomic mass is 28.4. The van der Waals surface area contributed by atoms with E-state index in [9.17, 15) is 9.90 Å². The van der Waals surface area contributed by atoms with Crippen molar-refractivity contribution in [1.82, 2.24) is 0 Å². The molecule has 0 aliphatic carbocycles. The summed E-state index contributed by atoms with van der Waals surface area (Å²) in [7, 11) is -2.82. The van der Waals surface area contributed by atoms with Crippen LogP contribution in [0, 0.1) is 17.8 Å². The highest BCUT2D eigenvalue weighted by molar-refractivity contribution is 6.74. The molecule has 7 nitrogen and oxygen atoms in total. The van der Waals surface area contributed by atoms with E-state index in [2.05, 4.69) is 81.6 Å². The lowest BCUT2D eigenvalue weighted by atomic mass is 9.79. The minimum Gasteiger partial charge on any atom is -0.497 e. The molecule has 1 fully saturated rings. The molecule has 43 heavy (non-hydrogen) atoms. The molecule has 0 unspecified atom stereocenters. The van der Waals surface area contributed by atoms with Crippen LogP contribution < -0.4 is 4.74 Å². The number of benzene rings is 1. The van der Waals surface area contributed by atoms with E-state index >= 15 is 0 Å². The van der Waals surface area contributed by atoms with Crippen LogP contribution in [0.1, 0.15) is 74.3 Å². The van der Waals surface area contributed by atoms with Crippen LogP contribution in [0.5, 0.6) is 5.75 Å². The van der Waals surface area contributed by atoms with Gasteiger partial charge in [-0.3, -0.25) is 0 Å². The number of hydrogen-bond acceptors (Lipinski definition) is 7. The van der Waals surface area contributed by atoms with Crippen molar-refractivity contribution < 1.29 is 33.0 Å². The van der Waals surface area contributed by atoms with Crippen molar-refractivity contribution in [3.63, 3.8) is 0 Å². The van der Waals surface area contributed by atoms with Crippen molar-refractivity contribution in [2.24, 2.45) is 17.8 Å². The molecule has 0 aromatic heterocycles. The second-order valence-electron chi connectivity index (χ2n) is 15.8. The first kappa shape index (κ1) is 38.1. The van der Waals surface area contributed by atoms with E-state index in [4.69, 9.17) is 23.1 Å². The number of methoxy groups -OCH3 is 1. The summed E-state index contributed by atoms with van der Waals surface area (Å²) in [4.78, 5) is 12.1. The minimum atomic E-state index is -2.32. The van der Waals surface area contributed by atoms with Crippen molar-refractivity contribution in [3.05, 3.63) is 29.8 Å². The first-order valence-corrected chi connectivity index (χ1v) is 21.8. The van der Waals surface area contributed by atoms with E-state index < -0.39 is 46.3 Å². The Morgan fingerprint density at radius 2 is 1.56 bits per heavy atom. The second-order valence-corrected chi connectivity index (χ2v) is 25.4. The summed E-state index contributed by atoms with van der Waals surface area (Å²) in [6.45, 7) is 29.7. The molecule has 1 aliphatic heterocycles. The fraction of sp³-hybridized carbons (Fsp3) is 0.794. The van der Waals surface area contributed by atoms with Gasteiger partial charge in [0.05, 0.1) is 38.6 Å². The first-order valence-electron chi connectivity index (χ1n) is 16.0. The Labute approximate surface area is 264 Å². The molecule has 0 saturated carbocycles. The van der Waals surface area contributed by atoms with Crippen molar-refractivity contribution in [3.8, 4) is 5.75 Å². The normalized spacial score (nSPS) is 23.3. The Morgan fingerprint density at radius 1 is 1.00 bits per heavy atom. The molecule has 1 N–H and O–H groups in total. The number of aliphatic hydroxyl groups excluding tert-OH is 1. The fourth-order valence-corrected chi connectivity index (χ4v) is 7.51. The van der Waals surface area contributed by atoms with Gasteiger partial charge in [-0.25, -0.2) is 0 Å². The average molecular weight is 639 g/mol. The van der Waals surface area contributed by atoms with Crippen LogP contribution in [0.15, 0.2) is 24.3 Å². The third-order valence-corrected chi connectivity index (χ3v) is 19.3. The zero-order valence-corrected chi connectivity index (χ0v) is 31.6. The topological polar surface area (TPSA) is 86.8 Å². The molecular formula is C34H62O7Si2. The molecule has 7 atom stereocenters.